The van der Waals surface area contributed by atoms with Crippen molar-refractivity contribution in [3.8, 4) is 0 Å². The lowest BCUT2D eigenvalue weighted by molar-refractivity contribution is -0.131. The van der Waals surface area contributed by atoms with Crippen LogP contribution in [0.4, 0.5) is 5.69 Å². The van der Waals surface area contributed by atoms with E-state index >= 15 is 0 Å². The molecule has 3 N–H and O–H groups in total. The summed E-state index contributed by atoms with van der Waals surface area (Å²) in [6.45, 7) is 6.20. The van der Waals surface area contributed by atoms with Gasteiger partial charge in [0.15, 0.2) is 0 Å². The molecule has 0 unspecified atom stereocenters. The van der Waals surface area contributed by atoms with Crippen LogP contribution in [0.3, 0.4) is 0 Å². The van der Waals surface area contributed by atoms with Crippen molar-refractivity contribution in [3.63, 3.8) is 0 Å². The third-order valence-electron chi connectivity index (χ3n) is 3.76. The van der Waals surface area contributed by atoms with E-state index in [2.05, 4.69) is 5.32 Å². The molecule has 0 spiro atoms. The highest BCUT2D eigenvalue weighted by Gasteiger charge is 2.39. The zero-order chi connectivity index (χ0) is 16.5. The standard InChI is InChI=1S/C16H21N3O3/c1-16(2,3)19-9-10(8-13(19)20)15(22)18-12-7-5-4-6-11(12)14(17)21/h4-7,10H,8-9H2,1-3H3,(H2,17,21)(H,18,22)/t10-/m1/s1. The first-order valence-electron chi connectivity index (χ1n) is 7.20. The van der Waals surface area contributed by atoms with Gasteiger partial charge >= 0.3 is 0 Å². The van der Waals surface area contributed by atoms with Crippen LogP contribution < -0.4 is 11.1 Å². The Bertz CT molecular complexity index is 619. The van der Waals surface area contributed by atoms with Crippen molar-refractivity contribution in [3.05, 3.63) is 29.8 Å². The summed E-state index contributed by atoms with van der Waals surface area (Å²) < 4.78 is 0. The van der Waals surface area contributed by atoms with Crippen molar-refractivity contribution in [2.75, 3.05) is 11.9 Å². The zero-order valence-electron chi connectivity index (χ0n) is 13.1. The highest BCUT2D eigenvalue weighted by molar-refractivity contribution is 6.04. The molecule has 1 aliphatic rings. The summed E-state index contributed by atoms with van der Waals surface area (Å²) in [5, 5.41) is 2.71. The van der Waals surface area contributed by atoms with Crippen LogP contribution in [0.15, 0.2) is 24.3 Å². The van der Waals surface area contributed by atoms with Gasteiger partial charge in [0, 0.05) is 18.5 Å². The maximum Gasteiger partial charge on any atom is 0.250 e. The molecule has 0 aromatic heterocycles. The minimum atomic E-state index is -0.602. The van der Waals surface area contributed by atoms with Crippen molar-refractivity contribution in [2.24, 2.45) is 11.7 Å². The number of para-hydroxylation sites is 1. The lowest BCUT2D eigenvalue weighted by atomic mass is 10.1. The van der Waals surface area contributed by atoms with Crippen LogP contribution in [0.2, 0.25) is 0 Å². The largest absolute Gasteiger partial charge is 0.366 e. The molecule has 118 valence electrons. The molecule has 1 aromatic carbocycles. The number of carbonyl (C=O) groups is 3. The van der Waals surface area contributed by atoms with Crippen LogP contribution in [0.5, 0.6) is 0 Å². The fourth-order valence-electron chi connectivity index (χ4n) is 2.57. The number of nitrogens with zero attached hydrogens (tertiary/aromatic N) is 1. The van der Waals surface area contributed by atoms with E-state index in [9.17, 15) is 14.4 Å². The Hall–Kier alpha value is -2.37. The smallest absolute Gasteiger partial charge is 0.250 e. The number of rotatable bonds is 3. The van der Waals surface area contributed by atoms with Gasteiger partial charge in [-0.3, -0.25) is 14.4 Å². The van der Waals surface area contributed by atoms with Crippen LogP contribution in [0.25, 0.3) is 0 Å². The molecule has 6 heteroatoms. The molecule has 1 saturated heterocycles. The number of amides is 3. The van der Waals surface area contributed by atoms with E-state index in [-0.39, 0.29) is 29.3 Å². The van der Waals surface area contributed by atoms with Gasteiger partial charge in [-0.2, -0.15) is 0 Å². The Kier molecular flexibility index (Phi) is 4.21. The van der Waals surface area contributed by atoms with Crippen LogP contribution in [0, 0.1) is 5.92 Å². The van der Waals surface area contributed by atoms with Gasteiger partial charge in [-0.25, -0.2) is 0 Å². The van der Waals surface area contributed by atoms with E-state index in [4.69, 9.17) is 5.73 Å². The number of anilines is 1. The molecule has 1 aromatic rings. The van der Waals surface area contributed by atoms with E-state index in [1.165, 1.54) is 0 Å². The molecule has 3 amide bonds. The minimum Gasteiger partial charge on any atom is -0.366 e. The molecule has 0 bridgehead atoms. The maximum absolute atomic E-state index is 12.4. The predicted molar refractivity (Wildman–Crippen MR) is 83.2 cm³/mol. The van der Waals surface area contributed by atoms with Crippen molar-refractivity contribution >= 4 is 23.4 Å². The number of nitrogens with one attached hydrogen (secondary N) is 1. The number of hydrogen-bond acceptors (Lipinski definition) is 3. The molecule has 0 radical (unpaired) electrons. The Balaban J connectivity index is 2.12. The molecule has 0 aliphatic carbocycles. The second-order valence-corrected chi connectivity index (χ2v) is 6.48. The topological polar surface area (TPSA) is 92.5 Å². The second-order valence-electron chi connectivity index (χ2n) is 6.48. The van der Waals surface area contributed by atoms with Crippen LogP contribution >= 0.6 is 0 Å². The fourth-order valence-corrected chi connectivity index (χ4v) is 2.57. The summed E-state index contributed by atoms with van der Waals surface area (Å²) in [5.74, 6) is -1.33. The van der Waals surface area contributed by atoms with E-state index in [0.29, 0.717) is 12.2 Å². The van der Waals surface area contributed by atoms with Gasteiger partial charge in [0.1, 0.15) is 0 Å². The van der Waals surface area contributed by atoms with E-state index in [1.54, 1.807) is 29.2 Å². The van der Waals surface area contributed by atoms with Crippen molar-refractivity contribution in [1.82, 2.24) is 4.90 Å². The minimum absolute atomic E-state index is 0.0316. The number of nitrogens with two attached hydrogens (primary N) is 1. The molecule has 1 atom stereocenters. The van der Waals surface area contributed by atoms with Gasteiger partial charge in [-0.1, -0.05) is 12.1 Å². The molecular formula is C16H21N3O3. The number of benzene rings is 1. The van der Waals surface area contributed by atoms with E-state index in [1.807, 2.05) is 20.8 Å². The molecular weight excluding hydrogens is 282 g/mol. The predicted octanol–water partition coefficient (Wildman–Crippen LogP) is 1.37. The summed E-state index contributed by atoms with van der Waals surface area (Å²) in [6.07, 6.45) is 0.182. The Morgan fingerprint density at radius 1 is 1.27 bits per heavy atom. The number of hydrogen-bond donors (Lipinski definition) is 2. The van der Waals surface area contributed by atoms with Crippen molar-refractivity contribution in [2.45, 2.75) is 32.7 Å². The van der Waals surface area contributed by atoms with Gasteiger partial charge < -0.3 is 16.0 Å². The average molecular weight is 303 g/mol. The van der Waals surface area contributed by atoms with Crippen molar-refractivity contribution in [1.29, 1.82) is 0 Å². The van der Waals surface area contributed by atoms with E-state index in [0.717, 1.165) is 0 Å². The van der Waals surface area contributed by atoms with Crippen LogP contribution in [0.1, 0.15) is 37.6 Å². The molecule has 1 fully saturated rings. The molecule has 22 heavy (non-hydrogen) atoms. The third kappa shape index (κ3) is 3.27. The molecule has 1 aliphatic heterocycles. The molecule has 6 nitrogen and oxygen atoms in total. The highest BCUT2D eigenvalue weighted by atomic mass is 16.2. The molecule has 2 rings (SSSR count). The molecule has 0 saturated carbocycles. The maximum atomic E-state index is 12.4. The van der Waals surface area contributed by atoms with Crippen LogP contribution in [-0.2, 0) is 9.59 Å². The van der Waals surface area contributed by atoms with Gasteiger partial charge in [0.2, 0.25) is 11.8 Å². The first-order valence-corrected chi connectivity index (χ1v) is 7.20. The summed E-state index contributed by atoms with van der Waals surface area (Å²) in [7, 11) is 0. The summed E-state index contributed by atoms with van der Waals surface area (Å²) in [5.41, 5.74) is 5.62. The Morgan fingerprint density at radius 3 is 2.45 bits per heavy atom. The number of likely N-dealkylation sites (tertiary alicyclic amines) is 1. The van der Waals surface area contributed by atoms with Crippen molar-refractivity contribution < 1.29 is 14.4 Å². The highest BCUT2D eigenvalue weighted by Crippen LogP contribution is 2.27. The first-order chi connectivity index (χ1) is 10.2. The summed E-state index contributed by atoms with van der Waals surface area (Å²) in [4.78, 5) is 37.5. The number of primary amides is 1. The lowest BCUT2D eigenvalue weighted by Crippen LogP contribution is -2.42. The lowest BCUT2D eigenvalue weighted by Gasteiger charge is -2.31. The first kappa shape index (κ1) is 16.0. The summed E-state index contributed by atoms with van der Waals surface area (Å²) >= 11 is 0. The third-order valence-corrected chi connectivity index (χ3v) is 3.76. The molecule has 1 heterocycles. The number of carbonyl (C=O) groups excluding carboxylic acids is 3. The van der Waals surface area contributed by atoms with Gasteiger partial charge in [-0.15, -0.1) is 0 Å². The fraction of sp³-hybridized carbons (Fsp3) is 0.438. The average Bonchev–Trinajstić information content (AvgIpc) is 2.81. The quantitative estimate of drug-likeness (QED) is 0.883. The normalized spacial score (nSPS) is 18.4. The van der Waals surface area contributed by atoms with Crippen LogP contribution in [-0.4, -0.2) is 34.7 Å². The summed E-state index contributed by atoms with van der Waals surface area (Å²) in [6, 6.07) is 6.56. The zero-order valence-corrected chi connectivity index (χ0v) is 13.1. The second kappa shape index (κ2) is 5.79. The van der Waals surface area contributed by atoms with E-state index < -0.39 is 11.8 Å². The SMILES string of the molecule is CC(C)(C)N1C[C@H](C(=O)Nc2ccccc2C(N)=O)CC1=O. The monoisotopic (exact) mass is 303 g/mol. The van der Waals surface area contributed by atoms with Gasteiger partial charge in [-0.05, 0) is 32.9 Å². The van der Waals surface area contributed by atoms with Gasteiger partial charge in [0.05, 0.1) is 17.2 Å². The van der Waals surface area contributed by atoms with Gasteiger partial charge in [0.25, 0.3) is 5.91 Å². The Morgan fingerprint density at radius 2 is 1.91 bits per heavy atom. The Labute approximate surface area is 129 Å².